The van der Waals surface area contributed by atoms with Crippen molar-refractivity contribution in [3.63, 3.8) is 0 Å². The van der Waals surface area contributed by atoms with Crippen LogP contribution in [0, 0.1) is 0 Å². The molecule has 7 nitrogen and oxygen atoms in total. The standard InChI is InChI=1S/C27H44O7S.Na/c1-2-3-4-5-6-7-8-9-10-11-12-13-14-15-18-21-33-26(28)24-19-16-17-20-25(24)27(29)34-22-23-35(30,31)32;/h16-17,19-20H,2-15,18,21-23H2,1H3,(H,30,31,32);/q;+1/p-1. The summed E-state index contributed by atoms with van der Waals surface area (Å²) in [6.45, 7) is 1.96. The molecule has 0 saturated heterocycles. The zero-order valence-electron chi connectivity index (χ0n) is 22.3. The second-order valence-electron chi connectivity index (χ2n) is 9.03. The minimum Gasteiger partial charge on any atom is -0.748 e. The fourth-order valence-electron chi connectivity index (χ4n) is 3.87. The Morgan fingerprint density at radius 3 is 1.42 bits per heavy atom. The van der Waals surface area contributed by atoms with Crippen molar-refractivity contribution in [3.8, 4) is 0 Å². The Morgan fingerprint density at radius 2 is 1.03 bits per heavy atom. The van der Waals surface area contributed by atoms with Crippen molar-refractivity contribution in [3.05, 3.63) is 35.4 Å². The molecular formula is C27H43NaO7S. The van der Waals surface area contributed by atoms with Gasteiger partial charge in [-0.15, -0.1) is 0 Å². The first-order valence-electron chi connectivity index (χ1n) is 13.2. The first-order chi connectivity index (χ1) is 16.8. The van der Waals surface area contributed by atoms with Crippen LogP contribution in [0.5, 0.6) is 0 Å². The first-order valence-corrected chi connectivity index (χ1v) is 14.8. The first kappa shape index (κ1) is 35.1. The average Bonchev–Trinajstić information content (AvgIpc) is 2.82. The zero-order chi connectivity index (χ0) is 25.8. The number of carbonyl (C=O) groups excluding carboxylic acids is 2. The predicted molar refractivity (Wildman–Crippen MR) is 137 cm³/mol. The third-order valence-electron chi connectivity index (χ3n) is 5.91. The van der Waals surface area contributed by atoms with Crippen LogP contribution in [0.15, 0.2) is 24.3 Å². The van der Waals surface area contributed by atoms with E-state index in [1.54, 1.807) is 12.1 Å². The monoisotopic (exact) mass is 534 g/mol. The van der Waals surface area contributed by atoms with Gasteiger partial charge in [0, 0.05) is 0 Å². The van der Waals surface area contributed by atoms with Crippen molar-refractivity contribution in [2.75, 3.05) is 19.0 Å². The van der Waals surface area contributed by atoms with E-state index in [-0.39, 0.29) is 47.3 Å². The van der Waals surface area contributed by atoms with Crippen LogP contribution in [-0.2, 0) is 19.6 Å². The average molecular weight is 535 g/mol. The van der Waals surface area contributed by atoms with Crippen LogP contribution >= 0.6 is 0 Å². The molecule has 200 valence electrons. The summed E-state index contributed by atoms with van der Waals surface area (Å²) in [6.07, 6.45) is 18.8. The molecule has 0 aliphatic heterocycles. The molecule has 0 unspecified atom stereocenters. The number of rotatable bonds is 21. The number of ether oxygens (including phenoxy) is 2. The van der Waals surface area contributed by atoms with Crippen LogP contribution in [0.25, 0.3) is 0 Å². The largest absolute Gasteiger partial charge is 1.00 e. The molecule has 0 spiro atoms. The van der Waals surface area contributed by atoms with Crippen LogP contribution in [0.2, 0.25) is 0 Å². The molecule has 1 aromatic rings. The fourth-order valence-corrected chi connectivity index (χ4v) is 4.16. The van der Waals surface area contributed by atoms with Gasteiger partial charge >= 0.3 is 41.5 Å². The number of hydrogen-bond acceptors (Lipinski definition) is 7. The zero-order valence-corrected chi connectivity index (χ0v) is 25.1. The minimum absolute atomic E-state index is 0. The summed E-state index contributed by atoms with van der Waals surface area (Å²) in [5.41, 5.74) is 0.0423. The molecule has 0 amide bonds. The van der Waals surface area contributed by atoms with Gasteiger partial charge in [-0.3, -0.25) is 0 Å². The Morgan fingerprint density at radius 1 is 0.667 bits per heavy atom. The van der Waals surface area contributed by atoms with Gasteiger partial charge in [0.2, 0.25) is 0 Å². The Bertz CT molecular complexity index is 827. The van der Waals surface area contributed by atoms with Gasteiger partial charge in [-0.25, -0.2) is 18.0 Å². The maximum absolute atomic E-state index is 12.4. The van der Waals surface area contributed by atoms with E-state index in [0.717, 1.165) is 19.3 Å². The van der Waals surface area contributed by atoms with Gasteiger partial charge in [0.1, 0.15) is 6.61 Å². The number of benzene rings is 1. The molecule has 0 N–H and O–H groups in total. The van der Waals surface area contributed by atoms with Gasteiger partial charge in [-0.1, -0.05) is 109 Å². The van der Waals surface area contributed by atoms with E-state index in [9.17, 15) is 22.6 Å². The van der Waals surface area contributed by atoms with Crippen LogP contribution in [0.3, 0.4) is 0 Å². The van der Waals surface area contributed by atoms with Crippen LogP contribution in [-0.4, -0.2) is 43.9 Å². The van der Waals surface area contributed by atoms with Gasteiger partial charge in [0.05, 0.1) is 33.6 Å². The number of unbranched alkanes of at least 4 members (excludes halogenated alkanes) is 14. The van der Waals surface area contributed by atoms with Crippen molar-refractivity contribution in [1.82, 2.24) is 0 Å². The second-order valence-corrected chi connectivity index (χ2v) is 10.6. The SMILES string of the molecule is CCCCCCCCCCCCCCCCCOC(=O)c1ccccc1C(=O)OCCS(=O)(=O)[O-].[Na+]. The van der Waals surface area contributed by atoms with E-state index in [0.29, 0.717) is 0 Å². The molecule has 1 rings (SSSR count). The van der Waals surface area contributed by atoms with Crippen molar-refractivity contribution in [1.29, 1.82) is 0 Å². The Labute approximate surface area is 240 Å². The molecule has 0 radical (unpaired) electrons. The summed E-state index contributed by atoms with van der Waals surface area (Å²) in [5.74, 6) is -2.31. The third kappa shape index (κ3) is 18.3. The summed E-state index contributed by atoms with van der Waals surface area (Å²) >= 11 is 0. The number of esters is 2. The smallest absolute Gasteiger partial charge is 0.748 e. The quantitative estimate of drug-likeness (QED) is 0.103. The van der Waals surface area contributed by atoms with Gasteiger partial charge in [-0.2, -0.15) is 0 Å². The molecule has 0 bridgehead atoms. The fraction of sp³-hybridized carbons (Fsp3) is 0.704. The number of hydrogen-bond donors (Lipinski definition) is 0. The van der Waals surface area contributed by atoms with Crippen LogP contribution < -0.4 is 29.6 Å². The summed E-state index contributed by atoms with van der Waals surface area (Å²) in [5, 5.41) is 0. The minimum atomic E-state index is -4.48. The normalized spacial score (nSPS) is 11.1. The Kier molecular flexibility index (Phi) is 21.5. The summed E-state index contributed by atoms with van der Waals surface area (Å²) in [6, 6.07) is 6.02. The summed E-state index contributed by atoms with van der Waals surface area (Å²) in [4.78, 5) is 24.5. The molecule has 36 heavy (non-hydrogen) atoms. The molecule has 1 aromatic carbocycles. The van der Waals surface area contributed by atoms with Crippen molar-refractivity contribution >= 4 is 22.1 Å². The summed E-state index contributed by atoms with van der Waals surface area (Å²) in [7, 11) is -4.48. The third-order valence-corrected chi connectivity index (χ3v) is 6.58. The van der Waals surface area contributed by atoms with Crippen LogP contribution in [0.4, 0.5) is 0 Å². The molecule has 0 aliphatic rings. The van der Waals surface area contributed by atoms with E-state index < -0.39 is 34.4 Å². The summed E-state index contributed by atoms with van der Waals surface area (Å²) < 4.78 is 42.0. The molecule has 0 aliphatic carbocycles. The molecule has 0 saturated carbocycles. The van der Waals surface area contributed by atoms with Gasteiger partial charge < -0.3 is 14.0 Å². The topological polar surface area (TPSA) is 110 Å². The Hall–Kier alpha value is -0.930. The second kappa shape index (κ2) is 22.1. The van der Waals surface area contributed by atoms with E-state index in [1.807, 2.05) is 0 Å². The molecule has 0 atom stereocenters. The molecule has 0 heterocycles. The van der Waals surface area contributed by atoms with Gasteiger partial charge in [0.25, 0.3) is 0 Å². The van der Waals surface area contributed by atoms with Crippen molar-refractivity contribution in [2.45, 2.75) is 103 Å². The van der Waals surface area contributed by atoms with Crippen LogP contribution in [0.1, 0.15) is 124 Å². The van der Waals surface area contributed by atoms with E-state index in [2.05, 4.69) is 6.92 Å². The van der Waals surface area contributed by atoms with E-state index >= 15 is 0 Å². The molecular weight excluding hydrogens is 491 g/mol. The van der Waals surface area contributed by atoms with E-state index in [4.69, 9.17) is 9.47 Å². The van der Waals surface area contributed by atoms with Gasteiger partial charge in [0.15, 0.2) is 0 Å². The van der Waals surface area contributed by atoms with Crippen molar-refractivity contribution < 1.29 is 61.6 Å². The molecule has 9 heteroatoms. The Balaban J connectivity index is 0.0000122. The maximum atomic E-state index is 12.4. The molecule has 0 aromatic heterocycles. The maximum Gasteiger partial charge on any atom is 1.00 e. The predicted octanol–water partition coefficient (Wildman–Crippen LogP) is 3.42. The number of carbonyl (C=O) groups is 2. The molecule has 0 fully saturated rings. The van der Waals surface area contributed by atoms with E-state index in [1.165, 1.54) is 89.2 Å². The van der Waals surface area contributed by atoms with Crippen molar-refractivity contribution in [2.24, 2.45) is 0 Å². The van der Waals surface area contributed by atoms with Gasteiger partial charge in [-0.05, 0) is 18.6 Å².